The van der Waals surface area contributed by atoms with Crippen LogP contribution in [0, 0.1) is 12.7 Å². The van der Waals surface area contributed by atoms with E-state index in [1.54, 1.807) is 13.0 Å². The summed E-state index contributed by atoms with van der Waals surface area (Å²) < 4.78 is 36.0. The number of aryl methyl sites for hydroxylation is 1. The first-order valence-electron chi connectivity index (χ1n) is 6.53. The largest absolute Gasteiger partial charge is 0.313 e. The molecule has 1 atom stereocenters. The Morgan fingerprint density at radius 2 is 2.05 bits per heavy atom. The van der Waals surface area contributed by atoms with Crippen LogP contribution in [0.2, 0.25) is 0 Å². The summed E-state index contributed by atoms with van der Waals surface area (Å²) in [7, 11) is -1.08. The second kappa shape index (κ2) is 7.01. The highest BCUT2D eigenvalue weighted by atomic mass is 32.2. The van der Waals surface area contributed by atoms with Crippen LogP contribution in [-0.2, 0) is 9.84 Å². The van der Waals surface area contributed by atoms with Gasteiger partial charge in [0.25, 0.3) is 0 Å². The fraction of sp³-hybridized carbons (Fsp3) is 0.571. The monoisotopic (exact) mass is 287 g/mol. The molecule has 0 amide bonds. The summed E-state index contributed by atoms with van der Waals surface area (Å²) in [6.07, 6.45) is 1.33. The molecular weight excluding hydrogens is 265 g/mol. The Kier molecular flexibility index (Phi) is 5.94. The molecule has 1 rings (SSSR count). The van der Waals surface area contributed by atoms with Gasteiger partial charge in [0.1, 0.15) is 15.7 Å². The van der Waals surface area contributed by atoms with Crippen LogP contribution >= 0.6 is 0 Å². The van der Waals surface area contributed by atoms with E-state index in [2.05, 4.69) is 5.32 Å². The fourth-order valence-electron chi connectivity index (χ4n) is 2.14. The number of hydrogen-bond donors (Lipinski definition) is 1. The van der Waals surface area contributed by atoms with Crippen molar-refractivity contribution in [3.63, 3.8) is 0 Å². The highest BCUT2D eigenvalue weighted by Crippen LogP contribution is 2.22. The van der Waals surface area contributed by atoms with Gasteiger partial charge in [-0.3, -0.25) is 0 Å². The van der Waals surface area contributed by atoms with Crippen LogP contribution in [-0.4, -0.2) is 27.0 Å². The van der Waals surface area contributed by atoms with Gasteiger partial charge in [-0.2, -0.15) is 0 Å². The lowest BCUT2D eigenvalue weighted by atomic mass is 9.98. The van der Waals surface area contributed by atoms with Gasteiger partial charge >= 0.3 is 0 Å². The highest BCUT2D eigenvalue weighted by molar-refractivity contribution is 7.91. The molecule has 0 heterocycles. The minimum atomic E-state index is -2.91. The van der Waals surface area contributed by atoms with Crippen molar-refractivity contribution in [1.29, 1.82) is 0 Å². The minimum Gasteiger partial charge on any atom is -0.313 e. The first-order chi connectivity index (χ1) is 8.89. The molecule has 108 valence electrons. The van der Waals surface area contributed by atoms with Gasteiger partial charge in [0, 0.05) is 11.8 Å². The summed E-state index contributed by atoms with van der Waals surface area (Å²) in [5.74, 6) is 0.152. The number of nitrogens with one attached hydrogen (secondary N) is 1. The van der Waals surface area contributed by atoms with E-state index in [0.717, 1.165) is 17.5 Å². The predicted octanol–water partition coefficient (Wildman–Crippen LogP) is 2.61. The number of hydrogen-bond acceptors (Lipinski definition) is 3. The third-order valence-electron chi connectivity index (χ3n) is 3.34. The molecule has 19 heavy (non-hydrogen) atoms. The Balaban J connectivity index is 2.68. The molecule has 0 aliphatic rings. The second-order valence-corrected chi connectivity index (χ2v) is 7.19. The van der Waals surface area contributed by atoms with Crippen molar-refractivity contribution in [3.05, 3.63) is 35.1 Å². The lowest BCUT2D eigenvalue weighted by Gasteiger charge is -2.18. The Hall–Kier alpha value is -0.940. The standard InChI is InChI=1S/C14H22FNO2S/c1-4-19(17,18)9-5-6-14(16-3)13-8-7-12(15)10-11(13)2/h7-8,10,14,16H,4-6,9H2,1-3H3. The van der Waals surface area contributed by atoms with Crippen LogP contribution in [0.25, 0.3) is 0 Å². The van der Waals surface area contributed by atoms with E-state index in [9.17, 15) is 12.8 Å². The topological polar surface area (TPSA) is 46.2 Å². The summed E-state index contributed by atoms with van der Waals surface area (Å²) in [4.78, 5) is 0. The van der Waals surface area contributed by atoms with Crippen molar-refractivity contribution < 1.29 is 12.8 Å². The van der Waals surface area contributed by atoms with Crippen molar-refractivity contribution in [2.75, 3.05) is 18.6 Å². The van der Waals surface area contributed by atoms with Crippen LogP contribution in [0.5, 0.6) is 0 Å². The summed E-state index contributed by atoms with van der Waals surface area (Å²) in [5.41, 5.74) is 1.91. The molecule has 0 aliphatic heterocycles. The maximum atomic E-state index is 13.1. The lowest BCUT2D eigenvalue weighted by molar-refractivity contribution is 0.531. The fourth-order valence-corrected chi connectivity index (χ4v) is 3.03. The summed E-state index contributed by atoms with van der Waals surface area (Å²) in [6, 6.07) is 4.77. The SMILES string of the molecule is CCS(=O)(=O)CCCC(NC)c1ccc(F)cc1C. The zero-order chi connectivity index (χ0) is 14.5. The van der Waals surface area contributed by atoms with E-state index in [1.165, 1.54) is 12.1 Å². The van der Waals surface area contributed by atoms with E-state index < -0.39 is 9.84 Å². The summed E-state index contributed by atoms with van der Waals surface area (Å²) >= 11 is 0. The molecular formula is C14H22FNO2S. The van der Waals surface area contributed by atoms with Crippen molar-refractivity contribution in [1.82, 2.24) is 5.32 Å². The molecule has 0 radical (unpaired) electrons. The van der Waals surface area contributed by atoms with E-state index >= 15 is 0 Å². The second-order valence-electron chi connectivity index (χ2n) is 4.72. The third-order valence-corrected chi connectivity index (χ3v) is 5.13. The van der Waals surface area contributed by atoms with Gasteiger partial charge in [0.2, 0.25) is 0 Å². The van der Waals surface area contributed by atoms with E-state index in [-0.39, 0.29) is 23.4 Å². The molecule has 1 N–H and O–H groups in total. The van der Waals surface area contributed by atoms with Crippen LogP contribution in [0.4, 0.5) is 4.39 Å². The average Bonchev–Trinajstić information content (AvgIpc) is 2.36. The lowest BCUT2D eigenvalue weighted by Crippen LogP contribution is -2.19. The van der Waals surface area contributed by atoms with Gasteiger partial charge in [0.05, 0.1) is 5.75 Å². The highest BCUT2D eigenvalue weighted by Gasteiger charge is 2.14. The van der Waals surface area contributed by atoms with E-state index in [1.807, 2.05) is 14.0 Å². The molecule has 0 aliphatic carbocycles. The number of rotatable bonds is 7. The Morgan fingerprint density at radius 3 is 2.58 bits per heavy atom. The molecule has 0 spiro atoms. The van der Waals surface area contributed by atoms with Crippen molar-refractivity contribution >= 4 is 9.84 Å². The molecule has 0 saturated carbocycles. The molecule has 1 unspecified atom stereocenters. The third kappa shape index (κ3) is 4.91. The quantitative estimate of drug-likeness (QED) is 0.838. The Labute approximate surface area is 115 Å². The van der Waals surface area contributed by atoms with Gasteiger partial charge in [-0.25, -0.2) is 12.8 Å². The van der Waals surface area contributed by atoms with Crippen molar-refractivity contribution in [2.45, 2.75) is 32.7 Å². The zero-order valence-electron chi connectivity index (χ0n) is 11.7. The average molecular weight is 287 g/mol. The first kappa shape index (κ1) is 16.1. The Morgan fingerprint density at radius 1 is 1.37 bits per heavy atom. The molecule has 1 aromatic carbocycles. The van der Waals surface area contributed by atoms with E-state index in [0.29, 0.717) is 6.42 Å². The van der Waals surface area contributed by atoms with Crippen LogP contribution < -0.4 is 5.32 Å². The van der Waals surface area contributed by atoms with Gasteiger partial charge in [0.15, 0.2) is 0 Å². The maximum Gasteiger partial charge on any atom is 0.150 e. The zero-order valence-corrected chi connectivity index (χ0v) is 12.6. The molecule has 1 aromatic rings. The normalized spacial score (nSPS) is 13.5. The molecule has 3 nitrogen and oxygen atoms in total. The van der Waals surface area contributed by atoms with Gasteiger partial charge in [-0.15, -0.1) is 0 Å². The van der Waals surface area contributed by atoms with Gasteiger partial charge < -0.3 is 5.32 Å². The molecule has 5 heteroatoms. The van der Waals surface area contributed by atoms with Crippen LogP contribution in [0.15, 0.2) is 18.2 Å². The number of halogens is 1. The van der Waals surface area contributed by atoms with E-state index in [4.69, 9.17) is 0 Å². The maximum absolute atomic E-state index is 13.1. The molecule has 0 fully saturated rings. The molecule has 0 saturated heterocycles. The van der Waals surface area contributed by atoms with Crippen LogP contribution in [0.3, 0.4) is 0 Å². The number of sulfone groups is 1. The number of benzene rings is 1. The van der Waals surface area contributed by atoms with Crippen molar-refractivity contribution in [3.8, 4) is 0 Å². The molecule has 0 bridgehead atoms. The summed E-state index contributed by atoms with van der Waals surface area (Å²) in [5, 5.41) is 3.17. The summed E-state index contributed by atoms with van der Waals surface area (Å²) in [6.45, 7) is 3.53. The molecule has 0 aromatic heterocycles. The van der Waals surface area contributed by atoms with Crippen LogP contribution in [0.1, 0.15) is 36.9 Å². The van der Waals surface area contributed by atoms with Gasteiger partial charge in [-0.1, -0.05) is 13.0 Å². The smallest absolute Gasteiger partial charge is 0.150 e. The predicted molar refractivity (Wildman–Crippen MR) is 76.5 cm³/mol. The van der Waals surface area contributed by atoms with Gasteiger partial charge in [-0.05, 0) is 50.1 Å². The Bertz CT molecular complexity index is 514. The van der Waals surface area contributed by atoms with Crippen molar-refractivity contribution in [2.24, 2.45) is 0 Å². The minimum absolute atomic E-state index is 0.0626. The first-order valence-corrected chi connectivity index (χ1v) is 8.35.